The lowest BCUT2D eigenvalue weighted by atomic mass is 10.0. The van der Waals surface area contributed by atoms with E-state index in [-0.39, 0.29) is 0 Å². The summed E-state index contributed by atoms with van der Waals surface area (Å²) < 4.78 is 10.2. The molecule has 29 heavy (non-hydrogen) atoms. The molecule has 0 heterocycles. The molecule has 0 unspecified atom stereocenters. The van der Waals surface area contributed by atoms with Crippen LogP contribution in [0.1, 0.15) is 149 Å². The van der Waals surface area contributed by atoms with E-state index in [1.165, 1.54) is 109 Å². The first kappa shape index (κ1) is 28.3. The monoisotopic (exact) mass is 412 g/mol. The summed E-state index contributed by atoms with van der Waals surface area (Å²) in [6, 6.07) is 0. The van der Waals surface area contributed by atoms with E-state index in [0.29, 0.717) is 13.2 Å². The lowest BCUT2D eigenvalue weighted by Crippen LogP contribution is -2.09. The van der Waals surface area contributed by atoms with Crippen LogP contribution in [0.4, 0.5) is 4.79 Å². The topological polar surface area (TPSA) is 35.5 Å². The van der Waals surface area contributed by atoms with E-state index in [1.807, 2.05) is 0 Å². The van der Waals surface area contributed by atoms with Crippen molar-refractivity contribution in [3.05, 3.63) is 0 Å². The van der Waals surface area contributed by atoms with E-state index in [9.17, 15) is 4.79 Å². The summed E-state index contributed by atoms with van der Waals surface area (Å²) >= 11 is 0. The fraction of sp³-hybridized carbons (Fsp3) is 0.962. The molecule has 0 aliphatic rings. The Morgan fingerprint density at radius 2 is 0.655 bits per heavy atom. The van der Waals surface area contributed by atoms with Crippen molar-refractivity contribution < 1.29 is 14.3 Å². The Morgan fingerprint density at radius 1 is 0.414 bits per heavy atom. The molecule has 0 aromatic carbocycles. The van der Waals surface area contributed by atoms with Crippen LogP contribution in [-0.2, 0) is 9.47 Å². The zero-order valence-corrected chi connectivity index (χ0v) is 20.0. The van der Waals surface area contributed by atoms with Crippen LogP contribution in [0.3, 0.4) is 0 Å². The number of hydrogen-bond acceptors (Lipinski definition) is 3. The minimum absolute atomic E-state index is 0.488. The van der Waals surface area contributed by atoms with Crippen molar-refractivity contribution in [3.63, 3.8) is 0 Å². The summed E-state index contributed by atoms with van der Waals surface area (Å²) in [6.07, 6.45) is 27.1. The van der Waals surface area contributed by atoms with Crippen LogP contribution < -0.4 is 0 Å². The Kier molecular flexibility index (Phi) is 24.7. The van der Waals surface area contributed by atoms with E-state index >= 15 is 0 Å². The first-order valence-electron chi connectivity index (χ1n) is 13.1. The molecular weight excluding hydrogens is 360 g/mol. The van der Waals surface area contributed by atoms with Gasteiger partial charge in [-0.25, -0.2) is 4.79 Å². The first-order valence-corrected chi connectivity index (χ1v) is 13.1. The predicted octanol–water partition coefficient (Wildman–Crippen LogP) is 9.37. The number of carbonyl (C=O) groups excluding carboxylic acids is 1. The van der Waals surface area contributed by atoms with E-state index in [4.69, 9.17) is 9.47 Å². The van der Waals surface area contributed by atoms with Crippen molar-refractivity contribution in [1.82, 2.24) is 0 Å². The lowest BCUT2D eigenvalue weighted by molar-refractivity contribution is 0.0529. The molecule has 0 atom stereocenters. The summed E-state index contributed by atoms with van der Waals surface area (Å²) in [4.78, 5) is 11.4. The minimum Gasteiger partial charge on any atom is -0.434 e. The van der Waals surface area contributed by atoms with Crippen molar-refractivity contribution in [2.75, 3.05) is 13.2 Å². The molecule has 0 aliphatic heterocycles. The number of ether oxygens (including phenoxy) is 2. The van der Waals surface area contributed by atoms with Crippen LogP contribution in [0.5, 0.6) is 0 Å². The highest BCUT2D eigenvalue weighted by Gasteiger charge is 2.02. The second kappa shape index (κ2) is 25.3. The second-order valence-electron chi connectivity index (χ2n) is 8.66. The number of carbonyl (C=O) groups is 1. The second-order valence-corrected chi connectivity index (χ2v) is 8.66. The summed E-state index contributed by atoms with van der Waals surface area (Å²) in [5.41, 5.74) is 0. The highest BCUT2D eigenvalue weighted by molar-refractivity contribution is 5.59. The fourth-order valence-electron chi connectivity index (χ4n) is 3.71. The standard InChI is InChI=1S/C26H52O3/c1-3-5-7-9-10-11-12-13-14-15-16-17-18-19-20-21-23-25-29-26(27)28-24-22-8-6-4-2/h3-25H2,1-2H3. The van der Waals surface area contributed by atoms with E-state index < -0.39 is 6.16 Å². The molecule has 0 amide bonds. The molecule has 0 saturated carbocycles. The molecule has 0 radical (unpaired) electrons. The van der Waals surface area contributed by atoms with Gasteiger partial charge >= 0.3 is 6.16 Å². The Balaban J connectivity index is 3.08. The molecule has 0 aliphatic carbocycles. The molecule has 0 fully saturated rings. The van der Waals surface area contributed by atoms with Crippen molar-refractivity contribution in [1.29, 1.82) is 0 Å². The van der Waals surface area contributed by atoms with Crippen molar-refractivity contribution in [2.45, 2.75) is 149 Å². The Bertz CT molecular complexity index is 317. The van der Waals surface area contributed by atoms with Gasteiger partial charge in [0.05, 0.1) is 13.2 Å². The zero-order valence-electron chi connectivity index (χ0n) is 20.0. The van der Waals surface area contributed by atoms with Crippen molar-refractivity contribution in [3.8, 4) is 0 Å². The molecule has 0 aromatic heterocycles. The molecule has 0 N–H and O–H groups in total. The van der Waals surface area contributed by atoms with Crippen LogP contribution in [-0.4, -0.2) is 19.4 Å². The minimum atomic E-state index is -0.488. The van der Waals surface area contributed by atoms with Gasteiger partial charge in [0.15, 0.2) is 0 Å². The smallest absolute Gasteiger partial charge is 0.434 e. The normalized spacial score (nSPS) is 11.0. The highest BCUT2D eigenvalue weighted by Crippen LogP contribution is 2.14. The third kappa shape index (κ3) is 25.2. The van der Waals surface area contributed by atoms with Crippen molar-refractivity contribution >= 4 is 6.16 Å². The van der Waals surface area contributed by atoms with Crippen LogP contribution in [0.25, 0.3) is 0 Å². The van der Waals surface area contributed by atoms with Gasteiger partial charge in [0.25, 0.3) is 0 Å². The maximum atomic E-state index is 11.4. The fourth-order valence-corrected chi connectivity index (χ4v) is 3.71. The third-order valence-corrected chi connectivity index (χ3v) is 5.69. The van der Waals surface area contributed by atoms with Gasteiger partial charge in [0.2, 0.25) is 0 Å². The van der Waals surface area contributed by atoms with Gasteiger partial charge in [-0.3, -0.25) is 0 Å². The van der Waals surface area contributed by atoms with Gasteiger partial charge in [0.1, 0.15) is 0 Å². The molecule has 0 bridgehead atoms. The van der Waals surface area contributed by atoms with Crippen LogP contribution in [0, 0.1) is 0 Å². The lowest BCUT2D eigenvalue weighted by Gasteiger charge is -2.06. The van der Waals surface area contributed by atoms with Crippen LogP contribution in [0.15, 0.2) is 0 Å². The quantitative estimate of drug-likeness (QED) is 0.124. The molecule has 174 valence electrons. The van der Waals surface area contributed by atoms with E-state index in [0.717, 1.165) is 25.7 Å². The van der Waals surface area contributed by atoms with Gasteiger partial charge in [-0.15, -0.1) is 0 Å². The largest absolute Gasteiger partial charge is 0.508 e. The Hall–Kier alpha value is -0.730. The first-order chi connectivity index (χ1) is 14.3. The molecule has 0 spiro atoms. The van der Waals surface area contributed by atoms with Crippen LogP contribution in [0.2, 0.25) is 0 Å². The Labute approximate surface area is 182 Å². The molecular formula is C26H52O3. The zero-order chi connectivity index (χ0) is 21.3. The van der Waals surface area contributed by atoms with Crippen molar-refractivity contribution in [2.24, 2.45) is 0 Å². The molecule has 0 aromatic rings. The van der Waals surface area contributed by atoms with Gasteiger partial charge < -0.3 is 9.47 Å². The highest BCUT2D eigenvalue weighted by atomic mass is 16.7. The summed E-state index contributed by atoms with van der Waals surface area (Å²) in [7, 11) is 0. The predicted molar refractivity (Wildman–Crippen MR) is 126 cm³/mol. The summed E-state index contributed by atoms with van der Waals surface area (Å²) in [5.74, 6) is 0. The average Bonchev–Trinajstić information content (AvgIpc) is 2.72. The van der Waals surface area contributed by atoms with E-state index in [2.05, 4.69) is 13.8 Å². The maximum Gasteiger partial charge on any atom is 0.508 e. The molecule has 3 heteroatoms. The average molecular weight is 413 g/mol. The van der Waals surface area contributed by atoms with Crippen LogP contribution >= 0.6 is 0 Å². The van der Waals surface area contributed by atoms with Gasteiger partial charge in [0, 0.05) is 0 Å². The summed E-state index contributed by atoms with van der Waals surface area (Å²) in [6.45, 7) is 5.46. The molecule has 0 saturated heterocycles. The van der Waals surface area contributed by atoms with Gasteiger partial charge in [-0.2, -0.15) is 0 Å². The molecule has 3 nitrogen and oxygen atoms in total. The van der Waals surface area contributed by atoms with Gasteiger partial charge in [-0.05, 0) is 12.8 Å². The van der Waals surface area contributed by atoms with E-state index in [1.54, 1.807) is 0 Å². The number of rotatable bonds is 23. The number of unbranched alkanes of at least 4 members (excludes halogenated alkanes) is 19. The summed E-state index contributed by atoms with van der Waals surface area (Å²) in [5, 5.41) is 0. The maximum absolute atomic E-state index is 11.4. The SMILES string of the molecule is CCCCCCCCCCCCCCCCCCCOC(=O)OCCCCCC. The van der Waals surface area contributed by atoms with Gasteiger partial charge in [-0.1, -0.05) is 136 Å². The number of hydrogen-bond donors (Lipinski definition) is 0. The Morgan fingerprint density at radius 3 is 0.966 bits per heavy atom. The third-order valence-electron chi connectivity index (χ3n) is 5.69. The molecule has 0 rings (SSSR count).